The summed E-state index contributed by atoms with van der Waals surface area (Å²) in [5, 5.41) is 0. The van der Waals surface area contributed by atoms with Gasteiger partial charge in [-0.25, -0.2) is 0 Å². The van der Waals surface area contributed by atoms with E-state index in [1.807, 2.05) is 12.1 Å². The van der Waals surface area contributed by atoms with Gasteiger partial charge in [0, 0.05) is 0 Å². The van der Waals surface area contributed by atoms with E-state index in [-0.39, 0.29) is 0 Å². The Kier molecular flexibility index (Phi) is 1.40. The molecule has 0 aliphatic carbocycles. The predicted molar refractivity (Wildman–Crippen MR) is 26.3 cm³/mol. The topological polar surface area (TPSA) is 22.0 Å². The van der Waals surface area contributed by atoms with Gasteiger partial charge in [-0.15, -0.1) is 0 Å². The van der Waals surface area contributed by atoms with Crippen molar-refractivity contribution in [3.63, 3.8) is 0 Å². The molecular weight excluding hydrogens is 105 g/mol. The second-order valence-electron chi connectivity index (χ2n) is 1.24. The van der Waals surface area contributed by atoms with Gasteiger partial charge in [-0.3, -0.25) is 0 Å². The van der Waals surface area contributed by atoms with Crippen LogP contribution in [0.25, 0.3) is 0 Å². The first kappa shape index (κ1) is 4.76. The van der Waals surface area contributed by atoms with Crippen LogP contribution in [0.5, 0.6) is 0 Å². The minimum absolute atomic E-state index is 0.789. The summed E-state index contributed by atoms with van der Waals surface area (Å²) < 4.78 is 11.7. The standard InChI is InChI=1S/C4H4N.Al.O/c1-2-4-5-3-1;;/h1-4H;;/q-1;+1;. The van der Waals surface area contributed by atoms with Gasteiger partial charge in [0.15, 0.2) is 0 Å². The van der Waals surface area contributed by atoms with Crippen molar-refractivity contribution in [2.45, 2.75) is 0 Å². The maximum atomic E-state index is 10.0. The molecule has 0 bridgehead atoms. The van der Waals surface area contributed by atoms with Crippen LogP contribution in [0.2, 0.25) is 0 Å². The average Bonchev–Trinajstić information content (AvgIpc) is 2.14. The molecule has 2 nitrogen and oxygen atoms in total. The Morgan fingerprint density at radius 2 is 1.86 bits per heavy atom. The molecule has 1 aromatic rings. The Morgan fingerprint density at radius 1 is 1.29 bits per heavy atom. The summed E-state index contributed by atoms with van der Waals surface area (Å²) in [5.74, 6) is 0. The molecule has 1 heterocycles. The molecule has 0 fully saturated rings. The fraction of sp³-hybridized carbons (Fsp3) is 0. The first-order valence-electron chi connectivity index (χ1n) is 2.01. The Bertz CT molecular complexity index is 147. The molecular formula is C4H4AlNO. The third-order valence-electron chi connectivity index (χ3n) is 0.749. The minimum atomic E-state index is -0.789. The molecule has 1 rings (SSSR count). The normalized spacial score (nSPS) is 8.00. The van der Waals surface area contributed by atoms with Gasteiger partial charge in [-0.1, -0.05) is 0 Å². The van der Waals surface area contributed by atoms with E-state index in [2.05, 4.69) is 0 Å². The van der Waals surface area contributed by atoms with E-state index in [0.29, 0.717) is 0 Å². The van der Waals surface area contributed by atoms with Crippen molar-refractivity contribution in [1.82, 2.24) is 3.55 Å². The molecule has 0 atom stereocenters. The van der Waals surface area contributed by atoms with Crippen LogP contribution in [-0.4, -0.2) is 18.9 Å². The molecule has 0 radical (unpaired) electrons. The number of hydrogen-bond acceptors (Lipinski definition) is 1. The number of aromatic nitrogens is 1. The van der Waals surface area contributed by atoms with Crippen LogP contribution in [-0.2, 0) is 3.80 Å². The Labute approximate surface area is 47.9 Å². The molecule has 0 spiro atoms. The summed E-state index contributed by atoms with van der Waals surface area (Å²) in [5.41, 5.74) is 0. The van der Waals surface area contributed by atoms with E-state index < -0.39 is 15.4 Å². The second kappa shape index (κ2) is 2.06. The third-order valence-corrected chi connectivity index (χ3v) is 1.34. The molecule has 0 saturated heterocycles. The summed E-state index contributed by atoms with van der Waals surface area (Å²) in [4.78, 5) is 0. The van der Waals surface area contributed by atoms with Crippen molar-refractivity contribution < 1.29 is 3.80 Å². The van der Waals surface area contributed by atoms with Crippen LogP contribution in [0.15, 0.2) is 24.5 Å². The number of hydrogen-bond donors (Lipinski definition) is 0. The van der Waals surface area contributed by atoms with Crippen molar-refractivity contribution in [1.29, 1.82) is 0 Å². The molecule has 0 aromatic carbocycles. The number of nitrogens with zero attached hydrogens (tertiary/aromatic N) is 1. The van der Waals surface area contributed by atoms with Crippen molar-refractivity contribution in [2.24, 2.45) is 0 Å². The van der Waals surface area contributed by atoms with Gasteiger partial charge >= 0.3 is 47.3 Å². The van der Waals surface area contributed by atoms with Crippen molar-refractivity contribution >= 4 is 15.4 Å². The van der Waals surface area contributed by atoms with Gasteiger partial charge in [0.1, 0.15) is 0 Å². The van der Waals surface area contributed by atoms with Gasteiger partial charge in [0.05, 0.1) is 0 Å². The Hall–Kier alpha value is -0.388. The zero-order valence-corrected chi connectivity index (χ0v) is 4.90. The van der Waals surface area contributed by atoms with Crippen LogP contribution < -0.4 is 0 Å². The van der Waals surface area contributed by atoms with Crippen LogP contribution in [0, 0.1) is 0 Å². The van der Waals surface area contributed by atoms with Gasteiger partial charge in [-0.05, 0) is 0 Å². The summed E-state index contributed by atoms with van der Waals surface area (Å²) in [7, 11) is 0. The average molecular weight is 109 g/mol. The van der Waals surface area contributed by atoms with Crippen LogP contribution in [0.1, 0.15) is 0 Å². The second-order valence-corrected chi connectivity index (χ2v) is 2.04. The molecule has 1 aromatic heterocycles. The fourth-order valence-electron chi connectivity index (χ4n) is 0.418. The van der Waals surface area contributed by atoms with Gasteiger partial charge < -0.3 is 0 Å². The van der Waals surface area contributed by atoms with Crippen molar-refractivity contribution in [3.05, 3.63) is 24.5 Å². The van der Waals surface area contributed by atoms with Crippen molar-refractivity contribution in [2.75, 3.05) is 0 Å². The summed E-state index contributed by atoms with van der Waals surface area (Å²) >= 11 is -0.789. The predicted octanol–water partition coefficient (Wildman–Crippen LogP) is 0.301. The van der Waals surface area contributed by atoms with E-state index in [1.165, 1.54) is 0 Å². The van der Waals surface area contributed by atoms with E-state index in [4.69, 9.17) is 0 Å². The SMILES string of the molecule is [O]=[Al][n]1cccc1. The molecule has 0 aliphatic rings. The molecule has 0 saturated carbocycles. The zero-order chi connectivity index (χ0) is 5.11. The first-order chi connectivity index (χ1) is 3.43. The summed E-state index contributed by atoms with van der Waals surface area (Å²) in [6.07, 6.45) is 3.56. The van der Waals surface area contributed by atoms with Gasteiger partial charge in [0.2, 0.25) is 0 Å². The van der Waals surface area contributed by atoms with Crippen LogP contribution in [0.3, 0.4) is 0 Å². The van der Waals surface area contributed by atoms with Gasteiger partial charge in [-0.2, -0.15) is 0 Å². The van der Waals surface area contributed by atoms with E-state index >= 15 is 0 Å². The molecule has 0 N–H and O–H groups in total. The fourth-order valence-corrected chi connectivity index (χ4v) is 0.757. The van der Waals surface area contributed by atoms with Gasteiger partial charge in [0.25, 0.3) is 0 Å². The maximum absolute atomic E-state index is 10.0. The molecule has 0 unspecified atom stereocenters. The molecule has 0 amide bonds. The molecule has 3 heteroatoms. The Morgan fingerprint density at radius 3 is 2.14 bits per heavy atom. The summed E-state index contributed by atoms with van der Waals surface area (Å²) in [6.45, 7) is 0. The van der Waals surface area contributed by atoms with Crippen LogP contribution in [0.4, 0.5) is 0 Å². The van der Waals surface area contributed by atoms with E-state index in [9.17, 15) is 3.80 Å². The van der Waals surface area contributed by atoms with Crippen LogP contribution >= 0.6 is 0 Å². The zero-order valence-electron chi connectivity index (χ0n) is 3.74. The Balaban J connectivity index is 2.96. The summed E-state index contributed by atoms with van der Waals surface area (Å²) in [6, 6.07) is 3.70. The molecule has 0 aliphatic heterocycles. The molecule has 7 heavy (non-hydrogen) atoms. The first-order valence-corrected chi connectivity index (χ1v) is 3.00. The quantitative estimate of drug-likeness (QED) is 0.475. The number of rotatable bonds is 1. The van der Waals surface area contributed by atoms with E-state index in [1.54, 1.807) is 15.9 Å². The van der Waals surface area contributed by atoms with Crippen molar-refractivity contribution in [3.8, 4) is 0 Å². The molecule has 34 valence electrons. The third kappa shape index (κ3) is 0.987. The monoisotopic (exact) mass is 109 g/mol. The van der Waals surface area contributed by atoms with E-state index in [0.717, 1.165) is 0 Å².